The lowest BCUT2D eigenvalue weighted by Gasteiger charge is -2.39. The quantitative estimate of drug-likeness (QED) is 0.387. The summed E-state index contributed by atoms with van der Waals surface area (Å²) in [6, 6.07) is 26.7. The Bertz CT molecular complexity index is 1520. The average molecular weight is 505 g/mol. The standard InChI is InChI=1S/C32H32N4O2/c1-34-27-13-7-2-8-22(27)20-28(34)30(37)35-17-14-32(15-18-35)16-19-36(21-32)31(38)33-29-25-11-5-3-9-23(25)24-10-4-6-12-26(24)29/h2-13,20,29H,14-19,21H2,1H3,(H,33,38). The molecule has 1 spiro atoms. The first-order chi connectivity index (χ1) is 18.5. The highest BCUT2D eigenvalue weighted by Gasteiger charge is 2.43. The summed E-state index contributed by atoms with van der Waals surface area (Å²) in [5.74, 6) is 0.102. The van der Waals surface area contributed by atoms with E-state index < -0.39 is 0 Å². The second-order valence-corrected chi connectivity index (χ2v) is 11.2. The molecule has 1 aromatic heterocycles. The van der Waals surface area contributed by atoms with E-state index in [0.29, 0.717) is 0 Å². The summed E-state index contributed by atoms with van der Waals surface area (Å²) in [4.78, 5) is 30.9. The van der Waals surface area contributed by atoms with E-state index in [-0.39, 0.29) is 23.4 Å². The number of rotatable bonds is 2. The number of nitrogens with one attached hydrogen (secondary N) is 1. The van der Waals surface area contributed by atoms with Gasteiger partial charge in [0.2, 0.25) is 0 Å². The molecule has 192 valence electrons. The van der Waals surface area contributed by atoms with Crippen molar-refractivity contribution in [2.75, 3.05) is 26.2 Å². The summed E-state index contributed by atoms with van der Waals surface area (Å²) in [6.07, 6.45) is 2.86. The summed E-state index contributed by atoms with van der Waals surface area (Å²) in [7, 11) is 1.97. The summed E-state index contributed by atoms with van der Waals surface area (Å²) >= 11 is 0. The van der Waals surface area contributed by atoms with Gasteiger partial charge in [0, 0.05) is 44.1 Å². The van der Waals surface area contributed by atoms with Crippen molar-refractivity contribution in [3.05, 3.63) is 95.7 Å². The number of amides is 3. The monoisotopic (exact) mass is 504 g/mol. The third kappa shape index (κ3) is 3.62. The molecule has 2 fully saturated rings. The number of carbonyl (C=O) groups is 2. The zero-order valence-corrected chi connectivity index (χ0v) is 21.7. The van der Waals surface area contributed by atoms with Crippen molar-refractivity contribution in [2.24, 2.45) is 12.5 Å². The molecule has 38 heavy (non-hydrogen) atoms. The number of piperidine rings is 1. The fourth-order valence-corrected chi connectivity index (χ4v) is 6.88. The van der Waals surface area contributed by atoms with E-state index in [0.717, 1.165) is 73.2 Å². The SMILES string of the molecule is Cn1c(C(=O)N2CCC3(CCN(C(=O)NC4c5ccccc5-c5ccccc54)C3)CC2)cc2ccccc21. The predicted molar refractivity (Wildman–Crippen MR) is 149 cm³/mol. The molecular formula is C32H32N4O2. The Morgan fingerprint density at radius 2 is 1.37 bits per heavy atom. The van der Waals surface area contributed by atoms with Gasteiger partial charge >= 0.3 is 6.03 Å². The van der Waals surface area contributed by atoms with Crippen molar-refractivity contribution in [1.29, 1.82) is 0 Å². The minimum absolute atomic E-state index is 0.00684. The molecule has 0 atom stereocenters. The molecule has 7 rings (SSSR count). The number of hydrogen-bond donors (Lipinski definition) is 1. The van der Waals surface area contributed by atoms with Gasteiger partial charge in [-0.25, -0.2) is 4.79 Å². The van der Waals surface area contributed by atoms with Gasteiger partial charge in [0.15, 0.2) is 0 Å². The lowest BCUT2D eigenvalue weighted by Crippen LogP contribution is -2.46. The van der Waals surface area contributed by atoms with Crippen LogP contribution >= 0.6 is 0 Å². The van der Waals surface area contributed by atoms with E-state index in [9.17, 15) is 9.59 Å². The first-order valence-corrected chi connectivity index (χ1v) is 13.6. The van der Waals surface area contributed by atoms with E-state index in [1.807, 2.05) is 51.7 Å². The maximum atomic E-state index is 13.5. The fraction of sp³-hybridized carbons (Fsp3) is 0.312. The van der Waals surface area contributed by atoms with E-state index >= 15 is 0 Å². The molecule has 6 heteroatoms. The van der Waals surface area contributed by atoms with Gasteiger partial charge in [-0.2, -0.15) is 0 Å². The second-order valence-electron chi connectivity index (χ2n) is 11.2. The largest absolute Gasteiger partial charge is 0.340 e. The van der Waals surface area contributed by atoms with Gasteiger partial charge in [-0.15, -0.1) is 0 Å². The minimum Gasteiger partial charge on any atom is -0.340 e. The zero-order chi connectivity index (χ0) is 25.9. The van der Waals surface area contributed by atoms with Crippen molar-refractivity contribution >= 4 is 22.8 Å². The van der Waals surface area contributed by atoms with Crippen LogP contribution < -0.4 is 5.32 Å². The Morgan fingerprint density at radius 1 is 0.789 bits per heavy atom. The smallest absolute Gasteiger partial charge is 0.318 e. The molecule has 1 N–H and O–H groups in total. The molecule has 3 amide bonds. The molecule has 0 saturated carbocycles. The molecule has 2 aliphatic heterocycles. The maximum absolute atomic E-state index is 13.5. The Labute approximate surface area is 222 Å². The van der Waals surface area contributed by atoms with Crippen molar-refractivity contribution < 1.29 is 9.59 Å². The molecule has 1 aliphatic carbocycles. The average Bonchev–Trinajstić information content (AvgIpc) is 3.62. The van der Waals surface area contributed by atoms with Gasteiger partial charge in [0.25, 0.3) is 5.91 Å². The number of urea groups is 1. The summed E-state index contributed by atoms with van der Waals surface area (Å²) < 4.78 is 2.00. The zero-order valence-electron chi connectivity index (χ0n) is 21.7. The van der Waals surface area contributed by atoms with Gasteiger partial charge in [-0.1, -0.05) is 66.7 Å². The number of likely N-dealkylation sites (tertiary alicyclic amines) is 2. The molecule has 0 unspecified atom stereocenters. The van der Waals surface area contributed by atoms with Gasteiger partial charge in [-0.3, -0.25) is 4.79 Å². The first-order valence-electron chi connectivity index (χ1n) is 13.6. The van der Waals surface area contributed by atoms with Crippen LogP contribution in [-0.2, 0) is 7.05 Å². The Kier molecular flexibility index (Phi) is 5.32. The molecule has 3 aromatic carbocycles. The number of benzene rings is 3. The van der Waals surface area contributed by atoms with Gasteiger partial charge in [0.1, 0.15) is 5.69 Å². The second kappa shape index (κ2) is 8.76. The van der Waals surface area contributed by atoms with Crippen LogP contribution in [0.15, 0.2) is 78.9 Å². The van der Waals surface area contributed by atoms with Gasteiger partial charge in [0.05, 0.1) is 6.04 Å². The Morgan fingerprint density at radius 3 is 2.03 bits per heavy atom. The normalized spacial score (nSPS) is 18.1. The van der Waals surface area contributed by atoms with Crippen LogP contribution in [-0.4, -0.2) is 52.5 Å². The van der Waals surface area contributed by atoms with E-state index in [1.165, 1.54) is 11.1 Å². The highest BCUT2D eigenvalue weighted by atomic mass is 16.2. The molecule has 0 bridgehead atoms. The number of hydrogen-bond acceptors (Lipinski definition) is 2. The number of nitrogens with zero attached hydrogens (tertiary/aromatic N) is 3. The van der Waals surface area contributed by atoms with Crippen molar-refractivity contribution in [1.82, 2.24) is 19.7 Å². The van der Waals surface area contributed by atoms with Crippen LogP contribution in [0.1, 0.15) is 46.9 Å². The predicted octanol–water partition coefficient (Wildman–Crippen LogP) is 5.59. The van der Waals surface area contributed by atoms with E-state index in [2.05, 4.69) is 53.8 Å². The molecule has 3 aliphatic rings. The molecule has 0 radical (unpaired) electrons. The third-order valence-electron chi connectivity index (χ3n) is 9.11. The van der Waals surface area contributed by atoms with E-state index in [1.54, 1.807) is 0 Å². The number of fused-ring (bicyclic) bond motifs is 4. The van der Waals surface area contributed by atoms with Crippen molar-refractivity contribution in [3.63, 3.8) is 0 Å². The van der Waals surface area contributed by atoms with Crippen molar-refractivity contribution in [3.8, 4) is 11.1 Å². The highest BCUT2D eigenvalue weighted by molar-refractivity contribution is 5.98. The highest BCUT2D eigenvalue weighted by Crippen LogP contribution is 2.44. The fourth-order valence-electron chi connectivity index (χ4n) is 6.88. The van der Waals surface area contributed by atoms with Crippen LogP contribution in [0, 0.1) is 5.41 Å². The maximum Gasteiger partial charge on any atom is 0.318 e. The minimum atomic E-state index is -0.119. The van der Waals surface area contributed by atoms with Crippen LogP contribution in [0.5, 0.6) is 0 Å². The molecule has 3 heterocycles. The van der Waals surface area contributed by atoms with Crippen molar-refractivity contribution in [2.45, 2.75) is 25.3 Å². The number of para-hydroxylation sites is 1. The summed E-state index contributed by atoms with van der Waals surface area (Å²) in [6.45, 7) is 2.99. The van der Waals surface area contributed by atoms with Crippen LogP contribution in [0.3, 0.4) is 0 Å². The summed E-state index contributed by atoms with van der Waals surface area (Å²) in [5, 5.41) is 4.44. The van der Waals surface area contributed by atoms with Gasteiger partial charge < -0.3 is 19.7 Å². The number of aryl methyl sites for hydroxylation is 1. The Balaban J connectivity index is 1.02. The molecule has 2 saturated heterocycles. The van der Waals surface area contributed by atoms with Gasteiger partial charge in [-0.05, 0) is 59.1 Å². The molecular weight excluding hydrogens is 472 g/mol. The number of carbonyl (C=O) groups excluding carboxylic acids is 2. The Hall–Kier alpha value is -4.06. The third-order valence-corrected chi connectivity index (χ3v) is 9.11. The lowest BCUT2D eigenvalue weighted by molar-refractivity contribution is 0.0585. The van der Waals surface area contributed by atoms with Crippen LogP contribution in [0.2, 0.25) is 0 Å². The topological polar surface area (TPSA) is 57.6 Å². The number of aromatic nitrogens is 1. The first kappa shape index (κ1) is 23.1. The molecule has 4 aromatic rings. The summed E-state index contributed by atoms with van der Waals surface area (Å²) in [5.41, 5.74) is 6.65. The lowest BCUT2D eigenvalue weighted by atomic mass is 9.77. The van der Waals surface area contributed by atoms with Crippen LogP contribution in [0.25, 0.3) is 22.0 Å². The van der Waals surface area contributed by atoms with Crippen LogP contribution in [0.4, 0.5) is 4.79 Å². The van der Waals surface area contributed by atoms with E-state index in [4.69, 9.17) is 0 Å². The molecule has 6 nitrogen and oxygen atoms in total.